The summed E-state index contributed by atoms with van der Waals surface area (Å²) in [6, 6.07) is 0.882. The molecule has 4 nitrogen and oxygen atoms in total. The second-order valence-electron chi connectivity index (χ2n) is 6.62. The van der Waals surface area contributed by atoms with Crippen molar-refractivity contribution in [2.45, 2.75) is 58.0 Å². The minimum absolute atomic E-state index is 0.218. The number of hydrogen-bond donors (Lipinski definition) is 2. The first-order chi connectivity index (χ1) is 10.7. The summed E-state index contributed by atoms with van der Waals surface area (Å²) in [6.07, 6.45) is 5.66. The van der Waals surface area contributed by atoms with Crippen LogP contribution in [0.3, 0.4) is 0 Å². The molecule has 0 aliphatic carbocycles. The van der Waals surface area contributed by atoms with Crippen LogP contribution in [0.1, 0.15) is 46.0 Å². The number of rotatable bonds is 8. The van der Waals surface area contributed by atoms with E-state index >= 15 is 0 Å². The largest absolute Gasteiger partial charge is 0.354 e. The zero-order valence-corrected chi connectivity index (χ0v) is 15.1. The highest BCUT2D eigenvalue weighted by molar-refractivity contribution is 7.99. The molecular formula is C17H33N3OS. The van der Waals surface area contributed by atoms with Crippen LogP contribution in [0, 0.1) is 5.92 Å². The van der Waals surface area contributed by atoms with Crippen LogP contribution in [-0.4, -0.2) is 60.6 Å². The monoisotopic (exact) mass is 327 g/mol. The van der Waals surface area contributed by atoms with Gasteiger partial charge in [0.15, 0.2) is 0 Å². The second-order valence-corrected chi connectivity index (χ2v) is 7.77. The van der Waals surface area contributed by atoms with Gasteiger partial charge in [-0.05, 0) is 31.8 Å². The average molecular weight is 328 g/mol. The molecule has 0 radical (unpaired) electrons. The first-order valence-electron chi connectivity index (χ1n) is 9.06. The van der Waals surface area contributed by atoms with Crippen molar-refractivity contribution in [3.63, 3.8) is 0 Å². The Balaban J connectivity index is 1.80. The number of carbonyl (C=O) groups is 1. The molecular weight excluding hydrogens is 294 g/mol. The van der Waals surface area contributed by atoms with Crippen LogP contribution in [-0.2, 0) is 4.79 Å². The van der Waals surface area contributed by atoms with Crippen LogP contribution in [0.5, 0.6) is 0 Å². The molecule has 5 heteroatoms. The van der Waals surface area contributed by atoms with Gasteiger partial charge in [0.05, 0.1) is 0 Å². The van der Waals surface area contributed by atoms with E-state index in [0.717, 1.165) is 18.8 Å². The highest BCUT2D eigenvalue weighted by atomic mass is 32.2. The maximum Gasteiger partial charge on any atom is 0.221 e. The van der Waals surface area contributed by atoms with Gasteiger partial charge < -0.3 is 10.6 Å². The van der Waals surface area contributed by atoms with Gasteiger partial charge in [0, 0.05) is 43.1 Å². The SMILES string of the molecule is CCC(CC)C(CNC(=O)CC1CSCCN1)N1CCCC1. The molecule has 0 spiro atoms. The van der Waals surface area contributed by atoms with Gasteiger partial charge in [-0.1, -0.05) is 26.7 Å². The first kappa shape index (κ1) is 18.1. The lowest BCUT2D eigenvalue weighted by Gasteiger charge is -2.34. The quantitative estimate of drug-likeness (QED) is 0.717. The third-order valence-electron chi connectivity index (χ3n) is 5.14. The number of nitrogens with one attached hydrogen (secondary N) is 2. The molecule has 0 bridgehead atoms. The van der Waals surface area contributed by atoms with Gasteiger partial charge in [-0.3, -0.25) is 9.69 Å². The molecule has 2 atom stereocenters. The van der Waals surface area contributed by atoms with E-state index in [1.807, 2.05) is 11.8 Å². The van der Waals surface area contributed by atoms with Crippen molar-refractivity contribution in [3.05, 3.63) is 0 Å². The topological polar surface area (TPSA) is 44.4 Å². The Morgan fingerprint density at radius 2 is 2.05 bits per heavy atom. The normalized spacial score (nSPS) is 24.6. The Morgan fingerprint density at radius 1 is 1.32 bits per heavy atom. The number of thioether (sulfide) groups is 1. The van der Waals surface area contributed by atoms with E-state index in [1.54, 1.807) is 0 Å². The molecule has 2 rings (SSSR count). The number of hydrogen-bond acceptors (Lipinski definition) is 4. The highest BCUT2D eigenvalue weighted by Gasteiger charge is 2.28. The van der Waals surface area contributed by atoms with E-state index in [0.29, 0.717) is 24.4 Å². The lowest BCUT2D eigenvalue weighted by Crippen LogP contribution is -2.48. The highest BCUT2D eigenvalue weighted by Crippen LogP contribution is 2.22. The fourth-order valence-electron chi connectivity index (χ4n) is 3.77. The number of carbonyl (C=O) groups excluding carboxylic acids is 1. The van der Waals surface area contributed by atoms with Gasteiger partial charge in [-0.2, -0.15) is 11.8 Å². The fraction of sp³-hybridized carbons (Fsp3) is 0.941. The minimum atomic E-state index is 0.218. The van der Waals surface area contributed by atoms with Crippen molar-refractivity contribution in [2.75, 3.05) is 37.7 Å². The lowest BCUT2D eigenvalue weighted by atomic mass is 9.93. The van der Waals surface area contributed by atoms with Gasteiger partial charge >= 0.3 is 0 Å². The van der Waals surface area contributed by atoms with E-state index in [9.17, 15) is 4.79 Å². The van der Waals surface area contributed by atoms with Crippen LogP contribution in [0.15, 0.2) is 0 Å². The molecule has 2 unspecified atom stereocenters. The van der Waals surface area contributed by atoms with Gasteiger partial charge in [-0.25, -0.2) is 0 Å². The summed E-state index contributed by atoms with van der Waals surface area (Å²) in [6.45, 7) is 8.83. The van der Waals surface area contributed by atoms with Gasteiger partial charge in [-0.15, -0.1) is 0 Å². The zero-order valence-electron chi connectivity index (χ0n) is 14.3. The summed E-state index contributed by atoms with van der Waals surface area (Å²) >= 11 is 1.95. The Bertz CT molecular complexity index is 322. The summed E-state index contributed by atoms with van der Waals surface area (Å²) in [5.41, 5.74) is 0. The van der Waals surface area contributed by atoms with Gasteiger partial charge in [0.1, 0.15) is 0 Å². The van der Waals surface area contributed by atoms with Crippen molar-refractivity contribution >= 4 is 17.7 Å². The number of likely N-dealkylation sites (tertiary alicyclic amines) is 1. The molecule has 1 amide bonds. The standard InChI is InChI=1S/C17H33N3OS/c1-3-14(4-2)16(20-8-5-6-9-20)12-19-17(21)11-15-13-22-10-7-18-15/h14-16,18H,3-13H2,1-2H3,(H,19,21). The summed E-state index contributed by atoms with van der Waals surface area (Å²) in [7, 11) is 0. The molecule has 0 aromatic rings. The van der Waals surface area contributed by atoms with E-state index in [1.165, 1.54) is 44.5 Å². The molecule has 2 aliphatic rings. The molecule has 2 heterocycles. The van der Waals surface area contributed by atoms with Gasteiger partial charge in [0.25, 0.3) is 0 Å². The van der Waals surface area contributed by atoms with Crippen molar-refractivity contribution in [1.29, 1.82) is 0 Å². The molecule has 2 fully saturated rings. The maximum atomic E-state index is 12.3. The average Bonchev–Trinajstić information content (AvgIpc) is 3.06. The Kier molecular flexibility index (Phi) is 8.04. The van der Waals surface area contributed by atoms with Crippen LogP contribution in [0.25, 0.3) is 0 Å². The smallest absolute Gasteiger partial charge is 0.221 e. The van der Waals surface area contributed by atoms with Crippen molar-refractivity contribution in [3.8, 4) is 0 Å². The summed E-state index contributed by atoms with van der Waals surface area (Å²) in [5.74, 6) is 3.15. The van der Waals surface area contributed by atoms with Crippen molar-refractivity contribution in [1.82, 2.24) is 15.5 Å². The lowest BCUT2D eigenvalue weighted by molar-refractivity contribution is -0.121. The van der Waals surface area contributed by atoms with Crippen LogP contribution in [0.4, 0.5) is 0 Å². The van der Waals surface area contributed by atoms with Crippen LogP contribution >= 0.6 is 11.8 Å². The Hall–Kier alpha value is -0.260. The zero-order chi connectivity index (χ0) is 15.8. The third kappa shape index (κ3) is 5.43. The Morgan fingerprint density at radius 3 is 2.64 bits per heavy atom. The van der Waals surface area contributed by atoms with Crippen LogP contribution in [0.2, 0.25) is 0 Å². The number of amides is 1. The van der Waals surface area contributed by atoms with Crippen LogP contribution < -0.4 is 10.6 Å². The predicted octanol–water partition coefficient (Wildman–Crippen LogP) is 2.10. The van der Waals surface area contributed by atoms with Crippen molar-refractivity contribution in [2.24, 2.45) is 5.92 Å². The molecule has 2 saturated heterocycles. The molecule has 0 saturated carbocycles. The summed E-state index contributed by atoms with van der Waals surface area (Å²) in [4.78, 5) is 14.9. The summed E-state index contributed by atoms with van der Waals surface area (Å²) in [5, 5.41) is 6.67. The van der Waals surface area contributed by atoms with E-state index < -0.39 is 0 Å². The second kappa shape index (κ2) is 9.78. The molecule has 128 valence electrons. The number of nitrogens with zero attached hydrogens (tertiary/aromatic N) is 1. The molecule has 0 aromatic carbocycles. The molecule has 22 heavy (non-hydrogen) atoms. The minimum Gasteiger partial charge on any atom is -0.354 e. The Labute approximate surface area is 140 Å². The fourth-order valence-corrected chi connectivity index (χ4v) is 4.71. The first-order valence-corrected chi connectivity index (χ1v) is 10.2. The molecule has 2 N–H and O–H groups in total. The maximum absolute atomic E-state index is 12.3. The van der Waals surface area contributed by atoms with Gasteiger partial charge in [0.2, 0.25) is 5.91 Å². The predicted molar refractivity (Wildman–Crippen MR) is 95.4 cm³/mol. The van der Waals surface area contributed by atoms with E-state index in [4.69, 9.17) is 0 Å². The third-order valence-corrected chi connectivity index (χ3v) is 6.27. The van der Waals surface area contributed by atoms with Crippen molar-refractivity contribution < 1.29 is 4.79 Å². The summed E-state index contributed by atoms with van der Waals surface area (Å²) < 4.78 is 0. The van der Waals surface area contributed by atoms with E-state index in [-0.39, 0.29) is 5.91 Å². The molecule has 0 aromatic heterocycles. The molecule has 2 aliphatic heterocycles. The van der Waals surface area contributed by atoms with E-state index in [2.05, 4.69) is 29.4 Å².